The number of rotatable bonds is 11. The molecular weight excluding hydrogens is 482 g/mol. The molecule has 0 N–H and O–H groups in total. The molecule has 0 aliphatic carbocycles. The van der Waals surface area contributed by atoms with Crippen LogP contribution in [0.3, 0.4) is 0 Å². The van der Waals surface area contributed by atoms with Gasteiger partial charge in [0.25, 0.3) is 5.91 Å². The highest BCUT2D eigenvalue weighted by Crippen LogP contribution is 2.39. The van der Waals surface area contributed by atoms with Crippen LogP contribution in [0.2, 0.25) is 23.2 Å². The van der Waals surface area contributed by atoms with Crippen molar-refractivity contribution in [3.63, 3.8) is 0 Å². The Bertz CT molecular complexity index is 980. The summed E-state index contributed by atoms with van der Waals surface area (Å²) in [5.41, 5.74) is 1.55. The summed E-state index contributed by atoms with van der Waals surface area (Å²) in [6.07, 6.45) is 0.778. The lowest BCUT2D eigenvalue weighted by Crippen LogP contribution is -2.41. The van der Waals surface area contributed by atoms with Gasteiger partial charge in [0, 0.05) is 36.7 Å². The van der Waals surface area contributed by atoms with Gasteiger partial charge in [-0.3, -0.25) is 4.79 Å². The van der Waals surface area contributed by atoms with Crippen LogP contribution < -0.4 is 14.2 Å². The summed E-state index contributed by atoms with van der Waals surface area (Å²) in [6.45, 7) is 12.3. The van der Waals surface area contributed by atoms with Crippen molar-refractivity contribution < 1.29 is 23.4 Å². The lowest BCUT2D eigenvalue weighted by Gasteiger charge is -2.36. The van der Waals surface area contributed by atoms with E-state index in [2.05, 4.69) is 39.9 Å². The van der Waals surface area contributed by atoms with Crippen molar-refractivity contribution in [2.75, 3.05) is 41.5 Å². The van der Waals surface area contributed by atoms with Gasteiger partial charge in [-0.25, -0.2) is 0 Å². The van der Waals surface area contributed by atoms with Crippen LogP contribution in [0.25, 0.3) is 0 Å². The molecule has 2 rings (SSSR count). The van der Waals surface area contributed by atoms with Crippen LogP contribution in [0.15, 0.2) is 36.4 Å². The van der Waals surface area contributed by atoms with Crippen molar-refractivity contribution in [3.8, 4) is 17.2 Å². The Hall–Kier alpha value is -2.22. The Labute approximate surface area is 216 Å². The smallest absolute Gasteiger partial charge is 0.253 e. The van der Waals surface area contributed by atoms with Gasteiger partial charge in [-0.1, -0.05) is 44.5 Å². The van der Waals surface area contributed by atoms with Crippen molar-refractivity contribution >= 4 is 25.8 Å². The number of likely N-dealkylation sites (N-methyl/N-ethyl adjacent to an activating group) is 1. The average Bonchev–Trinajstić information content (AvgIpc) is 2.80. The van der Waals surface area contributed by atoms with Crippen LogP contribution in [0, 0.1) is 0 Å². The van der Waals surface area contributed by atoms with Crippen molar-refractivity contribution in [2.24, 2.45) is 0 Å². The number of carbonyl (C=O) groups excluding carboxylic acids is 1. The third-order valence-electron chi connectivity index (χ3n) is 6.81. The minimum absolute atomic E-state index is 0.0643. The monoisotopic (exact) mass is 521 g/mol. The van der Waals surface area contributed by atoms with Gasteiger partial charge >= 0.3 is 0 Å². The van der Waals surface area contributed by atoms with Crippen molar-refractivity contribution in [1.29, 1.82) is 0 Å². The molecule has 0 saturated heterocycles. The maximum atomic E-state index is 13.4. The van der Waals surface area contributed by atoms with E-state index in [0.717, 1.165) is 12.0 Å². The molecule has 0 spiro atoms. The zero-order chi connectivity index (χ0) is 26.4. The summed E-state index contributed by atoms with van der Waals surface area (Å²) in [7, 11) is 4.54. The average molecular weight is 522 g/mol. The van der Waals surface area contributed by atoms with Crippen LogP contribution in [-0.4, -0.2) is 60.7 Å². The number of amides is 1. The number of hydrogen-bond donors (Lipinski definition) is 0. The summed E-state index contributed by atoms with van der Waals surface area (Å²) < 4.78 is 22.7. The highest BCUT2D eigenvalue weighted by Gasteiger charge is 2.37. The molecule has 8 heteroatoms. The van der Waals surface area contributed by atoms with E-state index in [1.54, 1.807) is 24.1 Å². The van der Waals surface area contributed by atoms with E-state index in [1.165, 1.54) is 21.3 Å². The molecule has 0 saturated carbocycles. The summed E-state index contributed by atoms with van der Waals surface area (Å²) in [6, 6.07) is 11.2. The van der Waals surface area contributed by atoms with Gasteiger partial charge in [0.15, 0.2) is 19.8 Å². The van der Waals surface area contributed by atoms with Crippen molar-refractivity contribution in [2.45, 2.75) is 51.2 Å². The van der Waals surface area contributed by atoms with Crippen molar-refractivity contribution in [3.05, 3.63) is 52.5 Å². The first-order valence-electron chi connectivity index (χ1n) is 11.8. The lowest BCUT2D eigenvalue weighted by atomic mass is 9.95. The molecule has 0 bridgehead atoms. The quantitative estimate of drug-likeness (QED) is 0.310. The number of ether oxygens (including phenoxy) is 3. The highest BCUT2D eigenvalue weighted by atomic mass is 35.5. The van der Waals surface area contributed by atoms with E-state index >= 15 is 0 Å². The van der Waals surface area contributed by atoms with Crippen LogP contribution in [0.4, 0.5) is 0 Å². The lowest BCUT2D eigenvalue weighted by molar-refractivity contribution is 0.0780. The minimum atomic E-state index is -1.87. The molecule has 2 aromatic carbocycles. The van der Waals surface area contributed by atoms with Crippen LogP contribution in [0.1, 0.15) is 49.0 Å². The Morgan fingerprint density at radius 3 is 2.11 bits per heavy atom. The number of benzene rings is 2. The largest absolute Gasteiger partial charge is 0.493 e. The molecule has 0 aliphatic rings. The van der Waals surface area contributed by atoms with Gasteiger partial charge in [0.1, 0.15) is 0 Å². The Kier molecular flexibility index (Phi) is 10.1. The zero-order valence-corrected chi connectivity index (χ0v) is 24.3. The van der Waals surface area contributed by atoms with E-state index in [0.29, 0.717) is 41.0 Å². The predicted octanol–water partition coefficient (Wildman–Crippen LogP) is 6.63. The molecule has 0 radical (unpaired) electrons. The Morgan fingerprint density at radius 1 is 1.03 bits per heavy atom. The SMILES string of the molecule is COc1cc(C(=O)N(C)CC(CCO[Si](C)(C)C(C)(C)C)c2cccc(Cl)c2)cc(OC)c1OC. The molecule has 1 amide bonds. The molecule has 1 unspecified atom stereocenters. The third kappa shape index (κ3) is 7.38. The predicted molar refractivity (Wildman–Crippen MR) is 145 cm³/mol. The molecule has 35 heavy (non-hydrogen) atoms. The molecule has 0 aliphatic heterocycles. The Morgan fingerprint density at radius 2 is 1.63 bits per heavy atom. The van der Waals surface area contributed by atoms with E-state index < -0.39 is 8.32 Å². The van der Waals surface area contributed by atoms with Crippen molar-refractivity contribution in [1.82, 2.24) is 4.90 Å². The number of hydrogen-bond acceptors (Lipinski definition) is 5. The van der Waals surface area contributed by atoms with Gasteiger partial charge in [-0.05, 0) is 54.4 Å². The van der Waals surface area contributed by atoms with Gasteiger partial charge in [0.2, 0.25) is 5.75 Å². The molecular formula is C27H40ClNO5Si. The number of nitrogens with zero attached hydrogens (tertiary/aromatic N) is 1. The summed E-state index contributed by atoms with van der Waals surface area (Å²) in [5, 5.41) is 0.814. The second-order valence-corrected chi connectivity index (χ2v) is 15.5. The standard InChI is InChI=1S/C27H40ClNO5Si/c1-27(2,3)35(8,9)34-14-13-20(19-11-10-12-22(28)15-19)18-29(4)26(30)21-16-23(31-5)25(33-7)24(17-21)32-6/h10-12,15-17,20H,13-14,18H2,1-9H3. The van der Waals surface area contributed by atoms with E-state index in [-0.39, 0.29) is 16.9 Å². The van der Waals surface area contributed by atoms with Crippen LogP contribution in [-0.2, 0) is 4.43 Å². The third-order valence-corrected chi connectivity index (χ3v) is 11.6. The topological polar surface area (TPSA) is 57.2 Å². The first kappa shape index (κ1) is 29.0. The number of halogens is 1. The van der Waals surface area contributed by atoms with Gasteiger partial charge in [0.05, 0.1) is 21.3 Å². The fraction of sp³-hybridized carbons (Fsp3) is 0.519. The fourth-order valence-corrected chi connectivity index (χ4v) is 4.90. The van der Waals surface area contributed by atoms with Gasteiger partial charge in [-0.15, -0.1) is 0 Å². The van der Waals surface area contributed by atoms with E-state index in [9.17, 15) is 4.79 Å². The molecule has 1 atom stereocenters. The van der Waals surface area contributed by atoms with E-state index in [1.807, 2.05) is 18.2 Å². The van der Waals surface area contributed by atoms with E-state index in [4.69, 9.17) is 30.2 Å². The number of methoxy groups -OCH3 is 3. The first-order chi connectivity index (χ1) is 16.3. The maximum Gasteiger partial charge on any atom is 0.253 e. The molecule has 2 aromatic rings. The second-order valence-electron chi connectivity index (χ2n) is 10.2. The second kappa shape index (κ2) is 12.1. The minimum Gasteiger partial charge on any atom is -0.493 e. The summed E-state index contributed by atoms with van der Waals surface area (Å²) in [5.74, 6) is 1.26. The van der Waals surface area contributed by atoms with Crippen LogP contribution in [0.5, 0.6) is 17.2 Å². The molecule has 194 valence electrons. The highest BCUT2D eigenvalue weighted by molar-refractivity contribution is 6.74. The number of carbonyl (C=O) groups is 1. The van der Waals surface area contributed by atoms with Crippen LogP contribution >= 0.6 is 11.6 Å². The molecule has 0 fully saturated rings. The maximum absolute atomic E-state index is 13.4. The normalized spacial score (nSPS) is 12.7. The zero-order valence-electron chi connectivity index (χ0n) is 22.5. The molecule has 0 aromatic heterocycles. The summed E-state index contributed by atoms with van der Waals surface area (Å²) >= 11 is 6.30. The fourth-order valence-electron chi connectivity index (χ4n) is 3.64. The molecule has 0 heterocycles. The van der Waals surface area contributed by atoms with Gasteiger partial charge in [-0.2, -0.15) is 0 Å². The first-order valence-corrected chi connectivity index (χ1v) is 15.1. The van der Waals surface area contributed by atoms with Gasteiger partial charge < -0.3 is 23.5 Å². The molecule has 6 nitrogen and oxygen atoms in total. The summed E-state index contributed by atoms with van der Waals surface area (Å²) in [4.78, 5) is 15.1. The Balaban J connectivity index is 2.26.